The number of aliphatic hydroxyl groups is 1. The number of rotatable bonds is 2. The minimum absolute atomic E-state index is 0.672. The molecular formula is C14H9Br2NOS. The van der Waals surface area contributed by atoms with Gasteiger partial charge >= 0.3 is 0 Å². The first-order valence-corrected chi connectivity index (χ1v) is 8.03. The molecule has 2 heterocycles. The van der Waals surface area contributed by atoms with Crippen LogP contribution in [-0.2, 0) is 0 Å². The Morgan fingerprint density at radius 1 is 1.16 bits per heavy atom. The monoisotopic (exact) mass is 397 g/mol. The summed E-state index contributed by atoms with van der Waals surface area (Å²) in [5.74, 6) is 0. The van der Waals surface area contributed by atoms with Gasteiger partial charge in [0.2, 0.25) is 0 Å². The molecule has 19 heavy (non-hydrogen) atoms. The van der Waals surface area contributed by atoms with Crippen molar-refractivity contribution in [2.24, 2.45) is 0 Å². The van der Waals surface area contributed by atoms with E-state index in [1.807, 2.05) is 36.4 Å². The van der Waals surface area contributed by atoms with E-state index in [9.17, 15) is 5.11 Å². The number of halogens is 2. The summed E-state index contributed by atoms with van der Waals surface area (Å²) in [5, 5.41) is 11.5. The fourth-order valence-corrected chi connectivity index (χ4v) is 4.84. The highest BCUT2D eigenvalue weighted by Crippen LogP contribution is 2.37. The van der Waals surface area contributed by atoms with E-state index in [0.29, 0.717) is 0 Å². The lowest BCUT2D eigenvalue weighted by Crippen LogP contribution is -1.99. The molecule has 2 nitrogen and oxygen atoms in total. The van der Waals surface area contributed by atoms with E-state index in [4.69, 9.17) is 0 Å². The van der Waals surface area contributed by atoms with Crippen LogP contribution in [0.25, 0.3) is 10.9 Å². The van der Waals surface area contributed by atoms with Crippen molar-refractivity contribution < 1.29 is 5.11 Å². The Balaban J connectivity index is 2.06. The zero-order valence-electron chi connectivity index (χ0n) is 9.68. The third-order valence-electron chi connectivity index (χ3n) is 2.91. The fourth-order valence-electron chi connectivity index (χ4n) is 1.96. The van der Waals surface area contributed by atoms with Gasteiger partial charge < -0.3 is 5.11 Å². The van der Waals surface area contributed by atoms with Crippen LogP contribution >= 0.6 is 43.2 Å². The molecule has 0 spiro atoms. The number of pyridine rings is 1. The molecule has 3 aromatic rings. The lowest BCUT2D eigenvalue weighted by Gasteiger charge is -2.10. The van der Waals surface area contributed by atoms with E-state index in [0.717, 1.165) is 29.6 Å². The van der Waals surface area contributed by atoms with Crippen LogP contribution in [0.2, 0.25) is 0 Å². The number of para-hydroxylation sites is 1. The van der Waals surface area contributed by atoms with Crippen LogP contribution in [0, 0.1) is 0 Å². The minimum atomic E-state index is -0.672. The van der Waals surface area contributed by atoms with Gasteiger partial charge in [-0.3, -0.25) is 4.98 Å². The molecule has 1 N–H and O–H groups in total. The van der Waals surface area contributed by atoms with Crippen LogP contribution in [-0.4, -0.2) is 10.1 Å². The maximum Gasteiger partial charge on any atom is 0.108 e. The number of thiophene rings is 1. The topological polar surface area (TPSA) is 33.1 Å². The highest BCUT2D eigenvalue weighted by Gasteiger charge is 2.17. The maximum atomic E-state index is 10.5. The van der Waals surface area contributed by atoms with Gasteiger partial charge in [0.15, 0.2) is 0 Å². The summed E-state index contributed by atoms with van der Waals surface area (Å²) in [5.41, 5.74) is 2.59. The summed E-state index contributed by atoms with van der Waals surface area (Å²) in [6.07, 6.45) is 1.06. The molecule has 1 aromatic carbocycles. The van der Waals surface area contributed by atoms with Crippen LogP contribution in [0.15, 0.2) is 50.2 Å². The third kappa shape index (κ3) is 2.60. The van der Waals surface area contributed by atoms with Crippen molar-refractivity contribution in [3.63, 3.8) is 0 Å². The Morgan fingerprint density at radius 2 is 1.95 bits per heavy atom. The Hall–Kier alpha value is -0.750. The quantitative estimate of drug-likeness (QED) is 0.665. The van der Waals surface area contributed by atoms with E-state index in [-0.39, 0.29) is 0 Å². The minimum Gasteiger partial charge on any atom is -0.384 e. The molecule has 0 amide bonds. The summed E-state index contributed by atoms with van der Waals surface area (Å²) < 4.78 is 1.92. The summed E-state index contributed by atoms with van der Waals surface area (Å²) in [4.78, 5) is 4.38. The number of hydrogen-bond donors (Lipinski definition) is 1. The van der Waals surface area contributed by atoms with Gasteiger partial charge in [-0.25, -0.2) is 0 Å². The zero-order chi connectivity index (χ0) is 13.4. The molecule has 5 heteroatoms. The lowest BCUT2D eigenvalue weighted by atomic mass is 10.0. The highest BCUT2D eigenvalue weighted by atomic mass is 79.9. The first-order chi connectivity index (χ1) is 9.15. The second-order valence-corrected chi connectivity index (χ2v) is 7.89. The van der Waals surface area contributed by atoms with Crippen molar-refractivity contribution in [1.29, 1.82) is 0 Å². The Bertz CT molecular complexity index is 741. The number of hydrogen-bond acceptors (Lipinski definition) is 3. The molecule has 2 aromatic heterocycles. The predicted octanol–water partition coefficient (Wildman–Crippen LogP) is 4.90. The molecule has 0 bridgehead atoms. The molecule has 0 aliphatic heterocycles. The van der Waals surface area contributed by atoms with Crippen molar-refractivity contribution in [2.45, 2.75) is 6.10 Å². The summed E-state index contributed by atoms with van der Waals surface area (Å²) in [7, 11) is 0. The van der Waals surface area contributed by atoms with Crippen LogP contribution in [0.4, 0.5) is 0 Å². The maximum absolute atomic E-state index is 10.5. The van der Waals surface area contributed by atoms with Gasteiger partial charge in [0.1, 0.15) is 6.10 Å². The SMILES string of the molecule is OC(c1cnc2ccccc2c1)c1cc(Br)sc1Br. The van der Waals surface area contributed by atoms with Gasteiger partial charge in [0.25, 0.3) is 0 Å². The molecule has 0 radical (unpaired) electrons. The van der Waals surface area contributed by atoms with Crippen LogP contribution in [0.3, 0.4) is 0 Å². The Morgan fingerprint density at radius 3 is 2.68 bits per heavy atom. The highest BCUT2D eigenvalue weighted by molar-refractivity contribution is 9.12. The zero-order valence-corrected chi connectivity index (χ0v) is 13.7. The largest absolute Gasteiger partial charge is 0.384 e. The molecule has 1 atom stereocenters. The van der Waals surface area contributed by atoms with E-state index in [1.165, 1.54) is 0 Å². The number of aromatic nitrogens is 1. The molecule has 0 saturated carbocycles. The lowest BCUT2D eigenvalue weighted by molar-refractivity contribution is 0.220. The molecule has 1 unspecified atom stereocenters. The van der Waals surface area contributed by atoms with Crippen LogP contribution < -0.4 is 0 Å². The van der Waals surface area contributed by atoms with E-state index in [1.54, 1.807) is 17.5 Å². The molecular weight excluding hydrogens is 390 g/mol. The first kappa shape index (κ1) is 13.2. The van der Waals surface area contributed by atoms with Gasteiger partial charge in [-0.2, -0.15) is 0 Å². The number of nitrogens with zero attached hydrogens (tertiary/aromatic N) is 1. The number of benzene rings is 1. The molecule has 0 saturated heterocycles. The van der Waals surface area contributed by atoms with E-state index >= 15 is 0 Å². The van der Waals surface area contributed by atoms with E-state index < -0.39 is 6.10 Å². The van der Waals surface area contributed by atoms with Gasteiger partial charge in [0.05, 0.1) is 13.1 Å². The Labute approximate surface area is 131 Å². The average Bonchev–Trinajstić information content (AvgIpc) is 2.76. The van der Waals surface area contributed by atoms with Crippen molar-refractivity contribution in [2.75, 3.05) is 0 Å². The van der Waals surface area contributed by atoms with Gasteiger partial charge in [-0.1, -0.05) is 18.2 Å². The average molecular weight is 399 g/mol. The normalized spacial score (nSPS) is 12.8. The van der Waals surface area contributed by atoms with Crippen LogP contribution in [0.1, 0.15) is 17.2 Å². The Kier molecular flexibility index (Phi) is 3.71. The van der Waals surface area contributed by atoms with Crippen LogP contribution in [0.5, 0.6) is 0 Å². The van der Waals surface area contributed by atoms with E-state index in [2.05, 4.69) is 36.8 Å². The third-order valence-corrected chi connectivity index (χ3v) is 5.29. The fraction of sp³-hybridized carbons (Fsp3) is 0.0714. The molecule has 0 aliphatic carbocycles. The molecule has 0 aliphatic rings. The second kappa shape index (κ2) is 5.32. The smallest absolute Gasteiger partial charge is 0.108 e. The summed E-state index contributed by atoms with van der Waals surface area (Å²) in [6, 6.07) is 11.8. The number of aliphatic hydroxyl groups excluding tert-OH is 1. The first-order valence-electron chi connectivity index (χ1n) is 5.62. The number of fused-ring (bicyclic) bond motifs is 1. The standard InChI is InChI=1S/C14H9Br2NOS/c15-12-6-10(14(16)19-12)13(18)9-5-8-3-1-2-4-11(8)17-7-9/h1-7,13,18H. The van der Waals surface area contributed by atoms with Crippen molar-refractivity contribution in [3.05, 3.63) is 61.3 Å². The summed E-state index contributed by atoms with van der Waals surface area (Å²) in [6.45, 7) is 0. The van der Waals surface area contributed by atoms with Gasteiger partial charge in [-0.15, -0.1) is 11.3 Å². The second-order valence-electron chi connectivity index (χ2n) is 4.14. The molecule has 0 fully saturated rings. The summed E-state index contributed by atoms with van der Waals surface area (Å²) >= 11 is 8.45. The van der Waals surface area contributed by atoms with Crippen molar-refractivity contribution in [1.82, 2.24) is 4.98 Å². The van der Waals surface area contributed by atoms with Crippen molar-refractivity contribution in [3.8, 4) is 0 Å². The predicted molar refractivity (Wildman–Crippen MR) is 85.5 cm³/mol. The van der Waals surface area contributed by atoms with Gasteiger partial charge in [0, 0.05) is 22.7 Å². The van der Waals surface area contributed by atoms with Crippen molar-refractivity contribution >= 4 is 54.1 Å². The molecule has 96 valence electrons. The molecule has 3 rings (SSSR count). The van der Waals surface area contributed by atoms with Gasteiger partial charge in [-0.05, 0) is 50.1 Å².